The molecule has 0 aromatic heterocycles. The van der Waals surface area contributed by atoms with Gasteiger partial charge in [0.25, 0.3) is 0 Å². The maximum atomic E-state index is 13.6. The van der Waals surface area contributed by atoms with Gasteiger partial charge in [-0.2, -0.15) is 0 Å². The van der Waals surface area contributed by atoms with Crippen molar-refractivity contribution in [2.45, 2.75) is 38.2 Å². The smallest absolute Gasteiger partial charge is 0.127 e. The first-order chi connectivity index (χ1) is 7.57. The second-order valence-corrected chi connectivity index (χ2v) is 5.02. The molecule has 2 rings (SSSR count). The van der Waals surface area contributed by atoms with Crippen molar-refractivity contribution in [1.29, 1.82) is 0 Å². The van der Waals surface area contributed by atoms with E-state index in [2.05, 4.69) is 0 Å². The molecule has 0 bridgehead atoms. The molecule has 1 unspecified atom stereocenters. The van der Waals surface area contributed by atoms with Gasteiger partial charge in [0.05, 0.1) is 5.60 Å². The van der Waals surface area contributed by atoms with Crippen molar-refractivity contribution in [1.82, 2.24) is 0 Å². The monoisotopic (exact) mass is 242 g/mol. The molecule has 1 atom stereocenters. The van der Waals surface area contributed by atoms with Crippen LogP contribution in [0.15, 0.2) is 18.2 Å². The predicted octanol–water partition coefficient (Wildman–Crippen LogP) is 3.57. The van der Waals surface area contributed by atoms with Crippen LogP contribution in [0.2, 0.25) is 5.02 Å². The molecule has 1 fully saturated rings. The minimum atomic E-state index is -0.786. The second kappa shape index (κ2) is 4.34. The number of halogens is 2. The van der Waals surface area contributed by atoms with Crippen molar-refractivity contribution in [2.24, 2.45) is 5.92 Å². The van der Waals surface area contributed by atoms with Crippen molar-refractivity contribution in [2.75, 3.05) is 0 Å². The molecule has 88 valence electrons. The van der Waals surface area contributed by atoms with Crippen LogP contribution in [-0.4, -0.2) is 10.7 Å². The molecule has 1 aliphatic rings. The Labute approximate surface area is 100 Å². The summed E-state index contributed by atoms with van der Waals surface area (Å²) < 4.78 is 13.6. The number of hydrogen-bond donors (Lipinski definition) is 1. The van der Waals surface area contributed by atoms with E-state index in [1.807, 2.05) is 6.92 Å². The van der Waals surface area contributed by atoms with Gasteiger partial charge in [-0.25, -0.2) is 4.39 Å². The minimum absolute atomic E-state index is 0.313. The van der Waals surface area contributed by atoms with Gasteiger partial charge in [-0.1, -0.05) is 24.6 Å². The van der Waals surface area contributed by atoms with E-state index in [0.717, 1.165) is 12.8 Å². The quantitative estimate of drug-likeness (QED) is 0.856. The molecule has 0 radical (unpaired) electrons. The Bertz CT molecular complexity index is 369. The van der Waals surface area contributed by atoms with Gasteiger partial charge in [-0.15, -0.1) is 0 Å². The van der Waals surface area contributed by atoms with E-state index in [4.69, 9.17) is 11.6 Å². The van der Waals surface area contributed by atoms with Crippen LogP contribution in [0.1, 0.15) is 31.7 Å². The highest BCUT2D eigenvalue weighted by molar-refractivity contribution is 6.31. The lowest BCUT2D eigenvalue weighted by atomic mass is 9.87. The zero-order valence-corrected chi connectivity index (χ0v) is 10.1. The summed E-state index contributed by atoms with van der Waals surface area (Å²) in [5.74, 6) is -0.00630. The van der Waals surface area contributed by atoms with E-state index in [1.54, 1.807) is 12.1 Å². The Kier molecular flexibility index (Phi) is 3.22. The number of aliphatic hydroxyl groups is 1. The fourth-order valence-corrected chi connectivity index (χ4v) is 2.42. The van der Waals surface area contributed by atoms with Gasteiger partial charge in [0.2, 0.25) is 0 Å². The first kappa shape index (κ1) is 11.9. The Hall–Kier alpha value is -0.600. The van der Waals surface area contributed by atoms with Crippen LogP contribution in [0.4, 0.5) is 4.39 Å². The van der Waals surface area contributed by atoms with Gasteiger partial charge in [0.1, 0.15) is 5.82 Å². The van der Waals surface area contributed by atoms with E-state index in [0.29, 0.717) is 29.3 Å². The van der Waals surface area contributed by atoms with Gasteiger partial charge in [-0.3, -0.25) is 0 Å². The van der Waals surface area contributed by atoms with E-state index in [9.17, 15) is 9.50 Å². The van der Waals surface area contributed by atoms with E-state index in [-0.39, 0.29) is 5.82 Å². The molecule has 0 saturated heterocycles. The van der Waals surface area contributed by atoms with Crippen LogP contribution < -0.4 is 0 Å². The summed E-state index contributed by atoms with van der Waals surface area (Å²) in [7, 11) is 0. The maximum absolute atomic E-state index is 13.6. The molecular formula is C13H16ClFO. The maximum Gasteiger partial charge on any atom is 0.127 e. The summed E-state index contributed by atoms with van der Waals surface area (Å²) in [5.41, 5.74) is -0.341. The summed E-state index contributed by atoms with van der Waals surface area (Å²) in [6.45, 7) is 1.94. The van der Waals surface area contributed by atoms with Gasteiger partial charge < -0.3 is 5.11 Å². The fourth-order valence-electron chi connectivity index (χ4n) is 2.19. The molecule has 1 aliphatic carbocycles. The van der Waals surface area contributed by atoms with Crippen LogP contribution in [0, 0.1) is 11.7 Å². The topological polar surface area (TPSA) is 20.2 Å². The molecule has 0 aliphatic heterocycles. The lowest BCUT2D eigenvalue weighted by Crippen LogP contribution is -2.33. The van der Waals surface area contributed by atoms with E-state index < -0.39 is 5.60 Å². The average Bonchev–Trinajstić information content (AvgIpc) is 3.07. The summed E-state index contributed by atoms with van der Waals surface area (Å²) in [6.07, 6.45) is 3.04. The molecule has 0 amide bonds. The van der Waals surface area contributed by atoms with Crippen molar-refractivity contribution in [3.63, 3.8) is 0 Å². The molecule has 1 aromatic carbocycles. The van der Waals surface area contributed by atoms with E-state index >= 15 is 0 Å². The van der Waals surface area contributed by atoms with Crippen LogP contribution in [0.25, 0.3) is 0 Å². The third-order valence-corrected chi connectivity index (χ3v) is 3.85. The summed E-state index contributed by atoms with van der Waals surface area (Å²) >= 11 is 5.97. The molecule has 0 spiro atoms. The Balaban J connectivity index is 2.25. The van der Waals surface area contributed by atoms with Crippen molar-refractivity contribution < 1.29 is 9.50 Å². The Morgan fingerprint density at radius 2 is 2.19 bits per heavy atom. The van der Waals surface area contributed by atoms with Crippen LogP contribution >= 0.6 is 11.6 Å². The highest BCUT2D eigenvalue weighted by Gasteiger charge is 2.42. The molecule has 3 heteroatoms. The largest absolute Gasteiger partial charge is 0.389 e. The zero-order valence-electron chi connectivity index (χ0n) is 9.34. The second-order valence-electron chi connectivity index (χ2n) is 4.61. The molecule has 1 N–H and O–H groups in total. The zero-order chi connectivity index (χ0) is 11.8. The van der Waals surface area contributed by atoms with Gasteiger partial charge in [0.15, 0.2) is 0 Å². The van der Waals surface area contributed by atoms with Crippen LogP contribution in [-0.2, 0) is 6.42 Å². The Morgan fingerprint density at radius 3 is 2.69 bits per heavy atom. The highest BCUT2D eigenvalue weighted by atomic mass is 35.5. The number of rotatable bonds is 4. The van der Waals surface area contributed by atoms with E-state index in [1.165, 1.54) is 6.07 Å². The molecule has 16 heavy (non-hydrogen) atoms. The van der Waals surface area contributed by atoms with Crippen molar-refractivity contribution in [3.05, 3.63) is 34.6 Å². The van der Waals surface area contributed by atoms with Crippen molar-refractivity contribution in [3.8, 4) is 0 Å². The van der Waals surface area contributed by atoms with Gasteiger partial charge >= 0.3 is 0 Å². The van der Waals surface area contributed by atoms with Gasteiger partial charge in [-0.05, 0) is 37.3 Å². The SMILES string of the molecule is CCC(O)(Cc1c(F)cccc1Cl)C1CC1. The first-order valence-corrected chi connectivity index (χ1v) is 6.10. The highest BCUT2D eigenvalue weighted by Crippen LogP contribution is 2.44. The van der Waals surface area contributed by atoms with Gasteiger partial charge in [0, 0.05) is 17.0 Å². The molecule has 1 aromatic rings. The van der Waals surface area contributed by atoms with Crippen LogP contribution in [0.3, 0.4) is 0 Å². The molecule has 1 saturated carbocycles. The lowest BCUT2D eigenvalue weighted by Gasteiger charge is -2.27. The van der Waals surface area contributed by atoms with Crippen LogP contribution in [0.5, 0.6) is 0 Å². The third-order valence-electron chi connectivity index (χ3n) is 3.49. The van der Waals surface area contributed by atoms with Crippen molar-refractivity contribution >= 4 is 11.6 Å². The Morgan fingerprint density at radius 1 is 1.50 bits per heavy atom. The first-order valence-electron chi connectivity index (χ1n) is 5.72. The average molecular weight is 243 g/mol. The lowest BCUT2D eigenvalue weighted by molar-refractivity contribution is 0.0132. The molecule has 0 heterocycles. The third kappa shape index (κ3) is 2.23. The predicted molar refractivity (Wildman–Crippen MR) is 63.1 cm³/mol. The standard InChI is InChI=1S/C13H16ClFO/c1-2-13(16,9-6-7-9)8-10-11(14)4-3-5-12(10)15/h3-5,9,16H,2,6-8H2,1H3. The summed E-state index contributed by atoms with van der Waals surface area (Å²) in [5, 5.41) is 10.8. The minimum Gasteiger partial charge on any atom is -0.389 e. The summed E-state index contributed by atoms with van der Waals surface area (Å²) in [6, 6.07) is 4.65. The number of hydrogen-bond acceptors (Lipinski definition) is 1. The molecule has 1 nitrogen and oxygen atoms in total. The molecular weight excluding hydrogens is 227 g/mol. The fraction of sp³-hybridized carbons (Fsp3) is 0.538. The number of benzene rings is 1. The normalized spacial score (nSPS) is 19.5. The summed E-state index contributed by atoms with van der Waals surface area (Å²) in [4.78, 5) is 0.